The molecule has 5 rings (SSSR count). The number of unbranched alkanes of at least 4 members (excludes halogenated alkanes) is 1. The molecule has 0 saturated carbocycles. The minimum atomic E-state index is -4.56. The van der Waals surface area contributed by atoms with Crippen LogP contribution in [-0.4, -0.2) is 72.1 Å². The van der Waals surface area contributed by atoms with Crippen molar-refractivity contribution >= 4 is 44.9 Å². The molecule has 0 unspecified atom stereocenters. The van der Waals surface area contributed by atoms with Crippen LogP contribution in [0.15, 0.2) is 95.6 Å². The molecule has 49 heavy (non-hydrogen) atoms. The van der Waals surface area contributed by atoms with E-state index in [1.165, 1.54) is 29.8 Å². The van der Waals surface area contributed by atoms with Gasteiger partial charge in [0.05, 0.1) is 10.3 Å². The van der Waals surface area contributed by atoms with Gasteiger partial charge in [-0.25, -0.2) is 8.42 Å². The predicted octanol–water partition coefficient (Wildman–Crippen LogP) is 4.99. The van der Waals surface area contributed by atoms with Crippen molar-refractivity contribution in [2.24, 2.45) is 0 Å². The number of imide groups is 1. The van der Waals surface area contributed by atoms with E-state index in [0.717, 1.165) is 46.2 Å². The van der Waals surface area contributed by atoms with E-state index >= 15 is 0 Å². The Hall–Kier alpha value is -4.61. The molecular formula is C38H44N4O6S. The van der Waals surface area contributed by atoms with Crippen LogP contribution in [0.2, 0.25) is 0 Å². The van der Waals surface area contributed by atoms with Gasteiger partial charge in [0.15, 0.2) is 5.71 Å². The van der Waals surface area contributed by atoms with Crippen LogP contribution in [0, 0.1) is 0 Å². The highest BCUT2D eigenvalue weighted by Crippen LogP contribution is 2.48. The lowest BCUT2D eigenvalue weighted by Crippen LogP contribution is -2.38. The minimum absolute atomic E-state index is 0.108. The second kappa shape index (κ2) is 14.1. The van der Waals surface area contributed by atoms with Crippen molar-refractivity contribution in [3.63, 3.8) is 0 Å². The fourth-order valence-electron chi connectivity index (χ4n) is 6.99. The summed E-state index contributed by atoms with van der Waals surface area (Å²) < 4.78 is 37.5. The molecule has 1 N–H and O–H groups in total. The summed E-state index contributed by atoms with van der Waals surface area (Å²) in [5.74, 6) is -0.819. The zero-order chi connectivity index (χ0) is 35.6. The van der Waals surface area contributed by atoms with Gasteiger partial charge in [-0.05, 0) is 57.0 Å². The molecule has 0 fully saturated rings. The van der Waals surface area contributed by atoms with E-state index in [0.29, 0.717) is 19.4 Å². The molecule has 0 spiro atoms. The summed E-state index contributed by atoms with van der Waals surface area (Å²) in [6.07, 6.45) is 14.5. The van der Waals surface area contributed by atoms with Gasteiger partial charge in [0, 0.05) is 79.1 Å². The molecule has 0 bridgehead atoms. The maximum absolute atomic E-state index is 12.4. The van der Waals surface area contributed by atoms with E-state index < -0.39 is 15.5 Å². The fourth-order valence-corrected chi connectivity index (χ4v) is 7.49. The molecule has 3 aliphatic heterocycles. The van der Waals surface area contributed by atoms with Gasteiger partial charge in [-0.3, -0.25) is 19.3 Å². The van der Waals surface area contributed by atoms with E-state index in [2.05, 4.69) is 52.9 Å². The van der Waals surface area contributed by atoms with Gasteiger partial charge < -0.3 is 14.8 Å². The van der Waals surface area contributed by atoms with Crippen molar-refractivity contribution in [1.29, 1.82) is 0 Å². The number of nitrogens with one attached hydrogen (secondary N) is 1. The lowest BCUT2D eigenvalue weighted by Gasteiger charge is -2.25. The normalized spacial score (nSPS) is 18.9. The molecule has 0 aliphatic carbocycles. The highest BCUT2D eigenvalue weighted by atomic mass is 32.2. The molecule has 0 radical (unpaired) electrons. The molecule has 0 atom stereocenters. The third kappa shape index (κ3) is 7.23. The fraction of sp³-hybridized carbons (Fsp3) is 0.368. The van der Waals surface area contributed by atoms with E-state index in [1.807, 2.05) is 51.1 Å². The lowest BCUT2D eigenvalue weighted by atomic mass is 9.81. The number of allylic oxidation sites excluding steroid dienone is 6. The zero-order valence-electron chi connectivity index (χ0n) is 28.7. The predicted molar refractivity (Wildman–Crippen MR) is 189 cm³/mol. The molecule has 3 aliphatic rings. The molecular weight excluding hydrogens is 641 g/mol. The first-order valence-corrected chi connectivity index (χ1v) is 18.1. The molecule has 0 saturated heterocycles. The highest BCUT2D eigenvalue weighted by Gasteiger charge is 2.44. The summed E-state index contributed by atoms with van der Waals surface area (Å²) in [6.45, 7) is 12.3. The van der Waals surface area contributed by atoms with Gasteiger partial charge in [0.25, 0.3) is 11.8 Å². The smallest absolute Gasteiger partial charge is 0.253 e. The maximum atomic E-state index is 12.4. The van der Waals surface area contributed by atoms with E-state index in [1.54, 1.807) is 6.07 Å². The van der Waals surface area contributed by atoms with Crippen LogP contribution in [0.4, 0.5) is 11.4 Å². The molecule has 3 heterocycles. The maximum Gasteiger partial charge on any atom is 0.253 e. The molecule has 2 aromatic carbocycles. The SMILES string of the molecule is CCN1/C(=C/C=C/C=C/C2=[N+](CCCCC(=O)NCCN3C(=O)C=CC3=O)c3ccccc3C2(C)C)C(C)(C)c2cc(S(=O)(=O)[O-])ccc21. The van der Waals surface area contributed by atoms with Crippen molar-refractivity contribution in [1.82, 2.24) is 10.2 Å². The van der Waals surface area contributed by atoms with Crippen LogP contribution in [0.5, 0.6) is 0 Å². The van der Waals surface area contributed by atoms with Crippen LogP contribution in [-0.2, 0) is 35.3 Å². The van der Waals surface area contributed by atoms with E-state index in [9.17, 15) is 27.4 Å². The van der Waals surface area contributed by atoms with Gasteiger partial charge in [-0.1, -0.05) is 50.3 Å². The summed E-state index contributed by atoms with van der Waals surface area (Å²) in [7, 11) is -4.56. The zero-order valence-corrected chi connectivity index (χ0v) is 29.5. The number of hydrogen-bond donors (Lipinski definition) is 1. The van der Waals surface area contributed by atoms with Crippen molar-refractivity contribution in [2.75, 3.05) is 31.1 Å². The molecule has 258 valence electrons. The number of likely N-dealkylation sites (N-methyl/N-ethyl adjacent to an activating group) is 1. The van der Waals surface area contributed by atoms with E-state index in [-0.39, 0.29) is 41.1 Å². The van der Waals surface area contributed by atoms with E-state index in [4.69, 9.17) is 0 Å². The second-order valence-electron chi connectivity index (χ2n) is 13.4. The van der Waals surface area contributed by atoms with Crippen molar-refractivity contribution in [3.05, 3.63) is 102 Å². The summed E-state index contributed by atoms with van der Waals surface area (Å²) in [5, 5.41) is 2.81. The topological polar surface area (TPSA) is 130 Å². The van der Waals surface area contributed by atoms with Crippen molar-refractivity contribution < 1.29 is 31.9 Å². The molecule has 10 nitrogen and oxygen atoms in total. The Balaban J connectivity index is 1.26. The van der Waals surface area contributed by atoms with Gasteiger partial charge in [0.1, 0.15) is 16.7 Å². The number of anilines is 1. The number of amides is 3. The van der Waals surface area contributed by atoms with Crippen LogP contribution < -0.4 is 10.2 Å². The van der Waals surface area contributed by atoms with Crippen LogP contribution in [0.1, 0.15) is 65.0 Å². The van der Waals surface area contributed by atoms with Crippen molar-refractivity contribution in [3.8, 4) is 0 Å². The Labute approximate surface area is 288 Å². The Morgan fingerprint density at radius 2 is 1.63 bits per heavy atom. The summed E-state index contributed by atoms with van der Waals surface area (Å²) in [5.41, 5.74) is 5.53. The number of fused-ring (bicyclic) bond motifs is 2. The first-order chi connectivity index (χ1) is 23.2. The number of rotatable bonds is 13. The molecule has 2 aromatic rings. The van der Waals surface area contributed by atoms with Gasteiger partial charge in [-0.15, -0.1) is 0 Å². The molecule has 11 heteroatoms. The minimum Gasteiger partial charge on any atom is -0.744 e. The average molecular weight is 685 g/mol. The number of carbonyl (C=O) groups is 3. The second-order valence-corrected chi connectivity index (χ2v) is 14.8. The van der Waals surface area contributed by atoms with Crippen LogP contribution in [0.3, 0.4) is 0 Å². The lowest BCUT2D eigenvalue weighted by molar-refractivity contribution is -0.438. The number of carbonyl (C=O) groups excluding carboxylic acids is 3. The first-order valence-electron chi connectivity index (χ1n) is 16.7. The Kier molecular flexibility index (Phi) is 10.3. The first kappa shape index (κ1) is 35.7. The van der Waals surface area contributed by atoms with Crippen molar-refractivity contribution in [2.45, 2.75) is 69.6 Å². The Morgan fingerprint density at radius 1 is 0.918 bits per heavy atom. The third-order valence-corrected chi connectivity index (χ3v) is 10.4. The average Bonchev–Trinajstić information content (AvgIpc) is 3.57. The summed E-state index contributed by atoms with van der Waals surface area (Å²) in [4.78, 5) is 38.9. The standard InChI is InChI=1S/C38H44N4O6S/c1-6-40-31-20-19-27(49(46,47)48)26-29(31)38(4,5)32(40)16-8-7-9-17-33-37(2,3)28-14-10-11-15-30(28)41(33)24-13-12-18-34(43)39-23-25-42-35(44)21-22-36(42)45/h7-11,14-17,19-22,26H,6,12-13,18,23-25H2,1-5H3,(H-,39,43,46,47,48). The Bertz CT molecular complexity index is 1920. The van der Waals surface area contributed by atoms with Crippen LogP contribution >= 0.6 is 0 Å². The highest BCUT2D eigenvalue weighted by molar-refractivity contribution is 7.85. The molecule has 0 aromatic heterocycles. The molecule has 3 amide bonds. The van der Waals surface area contributed by atoms with Gasteiger partial charge >= 0.3 is 0 Å². The van der Waals surface area contributed by atoms with Gasteiger partial charge in [0.2, 0.25) is 11.6 Å². The van der Waals surface area contributed by atoms with Gasteiger partial charge in [-0.2, -0.15) is 4.58 Å². The summed E-state index contributed by atoms with van der Waals surface area (Å²) in [6, 6.07) is 13.0. The number of benzene rings is 2. The van der Waals surface area contributed by atoms with Crippen LogP contribution in [0.25, 0.3) is 0 Å². The monoisotopic (exact) mass is 684 g/mol. The Morgan fingerprint density at radius 3 is 2.33 bits per heavy atom. The number of para-hydroxylation sites is 1. The largest absolute Gasteiger partial charge is 0.744 e. The summed E-state index contributed by atoms with van der Waals surface area (Å²) >= 11 is 0. The number of hydrogen-bond acceptors (Lipinski definition) is 7. The third-order valence-electron chi connectivity index (χ3n) is 9.59. The number of nitrogens with zero attached hydrogens (tertiary/aromatic N) is 3. The quantitative estimate of drug-likeness (QED) is 0.103.